The lowest BCUT2D eigenvalue weighted by Gasteiger charge is -2.05. The largest absolute Gasteiger partial charge is 0.744 e. The van der Waals surface area contributed by atoms with Crippen molar-refractivity contribution >= 4 is 55.2 Å². The summed E-state index contributed by atoms with van der Waals surface area (Å²) in [5, 5.41) is 0.756. The Morgan fingerprint density at radius 1 is 1.29 bits per heavy atom. The molecule has 3 rings (SSSR count). The molecule has 2 aromatic heterocycles. The first-order chi connectivity index (χ1) is 11.2. The molecule has 0 aliphatic carbocycles. The van der Waals surface area contributed by atoms with Crippen LogP contribution in [0.25, 0.3) is 10.3 Å². The summed E-state index contributed by atoms with van der Waals surface area (Å²) in [4.78, 5) is 4.28. The molecule has 5 nitrogen and oxygen atoms in total. The third kappa shape index (κ3) is 4.90. The molecule has 0 spiro atoms. The highest BCUT2D eigenvalue weighted by Gasteiger charge is 2.14. The normalized spacial score (nSPS) is 11.2. The van der Waals surface area contributed by atoms with Crippen molar-refractivity contribution in [2.24, 2.45) is 7.05 Å². The molecule has 0 aliphatic heterocycles. The number of hydrogen-bond donors (Lipinski definition) is 0. The fourth-order valence-electron chi connectivity index (χ4n) is 1.85. The number of halogens is 1. The fourth-order valence-corrected chi connectivity index (χ4v) is 4.21. The van der Waals surface area contributed by atoms with Crippen LogP contribution in [-0.2, 0) is 17.2 Å². The summed E-state index contributed by atoms with van der Waals surface area (Å²) in [6, 6.07) is 7.74. The molecule has 3 aromatic rings. The number of thiazole rings is 1. The van der Waals surface area contributed by atoms with Gasteiger partial charge in [-0.15, -0.1) is 0 Å². The van der Waals surface area contributed by atoms with Crippen LogP contribution in [0.3, 0.4) is 0 Å². The van der Waals surface area contributed by atoms with E-state index in [4.69, 9.17) is 11.6 Å². The second-order valence-electron chi connectivity index (χ2n) is 4.91. The number of aromatic nitrogens is 2. The number of thioether (sulfide) groups is 1. The first kappa shape index (κ1) is 19.1. The molecule has 24 heavy (non-hydrogen) atoms. The van der Waals surface area contributed by atoms with Gasteiger partial charge in [0.25, 0.3) is 4.34 Å². The van der Waals surface area contributed by atoms with Crippen LogP contribution in [0.2, 0.25) is 5.02 Å². The van der Waals surface area contributed by atoms with Gasteiger partial charge in [0.15, 0.2) is 0 Å². The summed E-state index contributed by atoms with van der Waals surface area (Å²) in [6.07, 6.45) is 3.90. The van der Waals surface area contributed by atoms with E-state index in [1.165, 1.54) is 12.1 Å². The average Bonchev–Trinajstić information content (AvgIpc) is 2.91. The molecule has 2 heterocycles. The first-order valence-electron chi connectivity index (χ1n) is 6.73. The second-order valence-corrected chi connectivity index (χ2v) is 8.81. The topological polar surface area (TPSA) is 74.0 Å². The van der Waals surface area contributed by atoms with Crippen LogP contribution in [-0.4, -0.2) is 24.2 Å². The summed E-state index contributed by atoms with van der Waals surface area (Å²) < 4.78 is 35.3. The van der Waals surface area contributed by atoms with Crippen molar-refractivity contribution in [2.45, 2.75) is 16.2 Å². The van der Waals surface area contributed by atoms with Crippen LogP contribution >= 0.6 is 34.7 Å². The molecule has 1 aromatic carbocycles. The molecule has 128 valence electrons. The summed E-state index contributed by atoms with van der Waals surface area (Å²) in [6.45, 7) is 1.82. The van der Waals surface area contributed by atoms with E-state index in [-0.39, 0.29) is 4.90 Å². The maximum atomic E-state index is 10.4. The van der Waals surface area contributed by atoms with Crippen LogP contribution in [0, 0.1) is 6.92 Å². The number of fused-ring (bicyclic) bond motifs is 1. The van der Waals surface area contributed by atoms with E-state index < -0.39 is 10.1 Å². The van der Waals surface area contributed by atoms with E-state index in [0.717, 1.165) is 25.3 Å². The highest BCUT2D eigenvalue weighted by atomic mass is 35.5. The van der Waals surface area contributed by atoms with E-state index in [1.54, 1.807) is 35.2 Å². The Bertz CT molecular complexity index is 954. The first-order valence-corrected chi connectivity index (χ1v) is 10.6. The van der Waals surface area contributed by atoms with Gasteiger partial charge in [0.1, 0.15) is 21.0 Å². The van der Waals surface area contributed by atoms with E-state index in [0.29, 0.717) is 0 Å². The molecule has 0 fully saturated rings. The van der Waals surface area contributed by atoms with Crippen LogP contribution in [0.5, 0.6) is 0 Å². The predicted molar refractivity (Wildman–Crippen MR) is 96.7 cm³/mol. The fraction of sp³-hybridized carbons (Fsp3) is 0.200. The summed E-state index contributed by atoms with van der Waals surface area (Å²) >= 11 is 9.26. The maximum absolute atomic E-state index is 10.4. The standard InChI is InChI=1S/C8H8ClN2S2.C7H8O3S/c1-11-4-5(9)3-6-7(11)10-8(12-2)13-6;1-6-2-4-7(5-3-6)11(8,9)10/h3-4H,1-2H3;2-5H,1H3,(H,8,9,10)/q+1;/p-1. The van der Waals surface area contributed by atoms with Crippen molar-refractivity contribution in [3.63, 3.8) is 0 Å². The number of nitrogens with zero attached hydrogens (tertiary/aromatic N) is 2. The van der Waals surface area contributed by atoms with Crippen LogP contribution in [0.1, 0.15) is 5.56 Å². The molecule has 0 unspecified atom stereocenters. The highest BCUT2D eigenvalue weighted by molar-refractivity contribution is 8.00. The zero-order valence-electron chi connectivity index (χ0n) is 13.2. The Labute approximate surface area is 154 Å². The van der Waals surface area contributed by atoms with Gasteiger partial charge in [0, 0.05) is 0 Å². The zero-order chi connectivity index (χ0) is 17.9. The van der Waals surface area contributed by atoms with Crippen molar-refractivity contribution in [2.75, 3.05) is 6.26 Å². The minimum absolute atomic E-state index is 0.178. The maximum Gasteiger partial charge on any atom is 0.342 e. The number of aryl methyl sites for hydroxylation is 2. The monoisotopic (exact) mass is 402 g/mol. The van der Waals surface area contributed by atoms with Crippen LogP contribution < -0.4 is 4.57 Å². The molecule has 0 radical (unpaired) electrons. The minimum Gasteiger partial charge on any atom is -0.744 e. The van der Waals surface area contributed by atoms with Crippen LogP contribution in [0.4, 0.5) is 0 Å². The Morgan fingerprint density at radius 3 is 2.46 bits per heavy atom. The average molecular weight is 403 g/mol. The predicted octanol–water partition coefficient (Wildman–Crippen LogP) is 3.40. The Kier molecular flexibility index (Phi) is 6.22. The molecular formula is C15H15ClN2O3S3. The lowest BCUT2D eigenvalue weighted by molar-refractivity contribution is -0.646. The third-order valence-corrected chi connectivity index (χ3v) is 6.05. The van der Waals surface area contributed by atoms with Crippen LogP contribution in [0.15, 0.2) is 45.8 Å². The van der Waals surface area contributed by atoms with Crippen molar-refractivity contribution < 1.29 is 17.5 Å². The van der Waals surface area contributed by atoms with Gasteiger partial charge < -0.3 is 4.55 Å². The smallest absolute Gasteiger partial charge is 0.342 e. The molecule has 0 saturated heterocycles. The Balaban J connectivity index is 0.000000177. The van der Waals surface area contributed by atoms with Crippen molar-refractivity contribution in [3.05, 3.63) is 47.1 Å². The van der Waals surface area contributed by atoms with Gasteiger partial charge in [-0.3, -0.25) is 0 Å². The quantitative estimate of drug-likeness (QED) is 0.373. The molecule has 0 N–H and O–H groups in total. The van der Waals surface area contributed by atoms with Crippen molar-refractivity contribution in [1.82, 2.24) is 4.98 Å². The lowest BCUT2D eigenvalue weighted by Crippen LogP contribution is -2.28. The number of benzene rings is 1. The summed E-state index contributed by atoms with van der Waals surface area (Å²) in [5.41, 5.74) is 1.93. The molecule has 0 atom stereocenters. The van der Waals surface area contributed by atoms with E-state index in [1.807, 2.05) is 37.1 Å². The number of hydrogen-bond acceptors (Lipinski definition) is 6. The van der Waals surface area contributed by atoms with Crippen molar-refractivity contribution in [1.29, 1.82) is 0 Å². The van der Waals surface area contributed by atoms with Gasteiger partial charge in [-0.1, -0.05) is 52.4 Å². The molecule has 0 saturated carbocycles. The second kappa shape index (κ2) is 7.79. The minimum atomic E-state index is -4.27. The van der Waals surface area contributed by atoms with Gasteiger partial charge in [-0.25, -0.2) is 13.0 Å². The molecule has 9 heteroatoms. The van der Waals surface area contributed by atoms with Gasteiger partial charge in [-0.2, -0.15) is 0 Å². The Hall–Kier alpha value is -1.19. The SMILES string of the molecule is CSc1nc2c(cc(Cl)c[n+]2C)s1.Cc1ccc(S(=O)(=O)[O-])cc1. The molecule has 0 amide bonds. The van der Waals surface area contributed by atoms with Crippen molar-refractivity contribution in [3.8, 4) is 0 Å². The number of pyridine rings is 1. The van der Waals surface area contributed by atoms with Gasteiger partial charge in [0.2, 0.25) is 0 Å². The molecular weight excluding hydrogens is 388 g/mol. The van der Waals surface area contributed by atoms with Gasteiger partial charge >= 0.3 is 5.65 Å². The lowest BCUT2D eigenvalue weighted by atomic mass is 10.2. The Morgan fingerprint density at radius 2 is 1.92 bits per heavy atom. The van der Waals surface area contributed by atoms with E-state index in [2.05, 4.69) is 4.98 Å². The molecule has 0 aliphatic rings. The zero-order valence-corrected chi connectivity index (χ0v) is 16.4. The summed E-state index contributed by atoms with van der Waals surface area (Å²) in [5.74, 6) is 0. The van der Waals surface area contributed by atoms with Gasteiger partial charge in [-0.05, 0) is 36.4 Å². The third-order valence-electron chi connectivity index (χ3n) is 3.02. The van der Waals surface area contributed by atoms with E-state index in [9.17, 15) is 13.0 Å². The summed E-state index contributed by atoms with van der Waals surface area (Å²) in [7, 11) is -2.31. The highest BCUT2D eigenvalue weighted by Crippen LogP contribution is 2.27. The molecule has 0 bridgehead atoms. The van der Waals surface area contributed by atoms with E-state index >= 15 is 0 Å². The number of rotatable bonds is 2. The van der Waals surface area contributed by atoms with Gasteiger partial charge in [0.05, 0.1) is 17.0 Å².